The van der Waals surface area contributed by atoms with Gasteiger partial charge in [-0.25, -0.2) is 0 Å². The van der Waals surface area contributed by atoms with Gasteiger partial charge in [0.15, 0.2) is 0 Å². The maximum atomic E-state index is 10.9. The fraction of sp³-hybridized carbons (Fsp3) is 0.600. The Labute approximate surface area is 89.1 Å². The predicted molar refractivity (Wildman–Crippen MR) is 56.3 cm³/mol. The standard InChI is InChI=1S/C10H17N3O2/c1-7(2)9(10(14)15)11-6-8-4-5-13(3)12-8/h4-5,7,9,11H,6H2,1-3H3,(H,14,15). The summed E-state index contributed by atoms with van der Waals surface area (Å²) in [5.41, 5.74) is 0.851. The van der Waals surface area contributed by atoms with Crippen molar-refractivity contribution in [2.24, 2.45) is 13.0 Å². The molecule has 1 aromatic heterocycles. The van der Waals surface area contributed by atoms with Gasteiger partial charge in [0.2, 0.25) is 0 Å². The maximum Gasteiger partial charge on any atom is 0.320 e. The summed E-state index contributed by atoms with van der Waals surface area (Å²) in [6.07, 6.45) is 1.84. The molecule has 5 heteroatoms. The van der Waals surface area contributed by atoms with Crippen LogP contribution < -0.4 is 5.32 Å². The minimum absolute atomic E-state index is 0.0613. The molecule has 0 amide bonds. The van der Waals surface area contributed by atoms with Crippen LogP contribution in [0.3, 0.4) is 0 Å². The van der Waals surface area contributed by atoms with Crippen molar-refractivity contribution in [3.05, 3.63) is 18.0 Å². The lowest BCUT2D eigenvalue weighted by Gasteiger charge is -2.16. The smallest absolute Gasteiger partial charge is 0.320 e. The first-order valence-corrected chi connectivity index (χ1v) is 4.95. The SMILES string of the molecule is CC(C)C(NCc1ccn(C)n1)C(=O)O. The van der Waals surface area contributed by atoms with E-state index in [1.807, 2.05) is 33.2 Å². The summed E-state index contributed by atoms with van der Waals surface area (Å²) in [6, 6.07) is 1.35. The van der Waals surface area contributed by atoms with E-state index in [0.29, 0.717) is 6.54 Å². The number of hydrogen-bond donors (Lipinski definition) is 2. The molecule has 1 unspecified atom stereocenters. The third kappa shape index (κ3) is 3.36. The van der Waals surface area contributed by atoms with Crippen molar-refractivity contribution in [2.75, 3.05) is 0 Å². The van der Waals surface area contributed by atoms with Gasteiger partial charge in [0.25, 0.3) is 0 Å². The van der Waals surface area contributed by atoms with Crippen LogP contribution in [0.4, 0.5) is 0 Å². The third-order valence-corrected chi connectivity index (χ3v) is 2.20. The number of aliphatic carboxylic acids is 1. The van der Waals surface area contributed by atoms with Crippen LogP contribution >= 0.6 is 0 Å². The molecule has 2 N–H and O–H groups in total. The zero-order valence-electron chi connectivity index (χ0n) is 9.27. The topological polar surface area (TPSA) is 67.2 Å². The van der Waals surface area contributed by atoms with Gasteiger partial charge in [0.05, 0.1) is 5.69 Å². The van der Waals surface area contributed by atoms with Crippen LogP contribution in [-0.4, -0.2) is 26.9 Å². The second kappa shape index (κ2) is 4.93. The van der Waals surface area contributed by atoms with Crippen LogP contribution in [0, 0.1) is 5.92 Å². The molecule has 0 saturated heterocycles. The highest BCUT2D eigenvalue weighted by Gasteiger charge is 2.20. The van der Waals surface area contributed by atoms with Crippen LogP contribution in [0.2, 0.25) is 0 Å². The molecular weight excluding hydrogens is 194 g/mol. The van der Waals surface area contributed by atoms with Crippen LogP contribution in [0.5, 0.6) is 0 Å². The molecule has 0 aliphatic carbocycles. The van der Waals surface area contributed by atoms with Crippen LogP contribution in [0.1, 0.15) is 19.5 Å². The van der Waals surface area contributed by atoms with E-state index in [1.54, 1.807) is 4.68 Å². The Kier molecular flexibility index (Phi) is 3.85. The molecule has 0 saturated carbocycles. The predicted octanol–water partition coefficient (Wildman–Crippen LogP) is 0.619. The third-order valence-electron chi connectivity index (χ3n) is 2.20. The number of aryl methyl sites for hydroxylation is 1. The molecule has 0 bridgehead atoms. The van der Waals surface area contributed by atoms with Gasteiger partial charge < -0.3 is 5.11 Å². The number of carbonyl (C=O) groups is 1. The largest absolute Gasteiger partial charge is 0.480 e. The van der Waals surface area contributed by atoms with E-state index < -0.39 is 12.0 Å². The number of rotatable bonds is 5. The molecule has 0 aliphatic heterocycles. The van der Waals surface area contributed by atoms with Gasteiger partial charge in [-0.3, -0.25) is 14.8 Å². The lowest BCUT2D eigenvalue weighted by Crippen LogP contribution is -2.40. The van der Waals surface area contributed by atoms with Crippen molar-refractivity contribution in [3.8, 4) is 0 Å². The Morgan fingerprint density at radius 1 is 1.67 bits per heavy atom. The number of aromatic nitrogens is 2. The fourth-order valence-electron chi connectivity index (χ4n) is 1.38. The summed E-state index contributed by atoms with van der Waals surface area (Å²) in [5.74, 6) is -0.757. The van der Waals surface area contributed by atoms with Crippen molar-refractivity contribution in [1.29, 1.82) is 0 Å². The molecule has 1 aromatic rings. The Morgan fingerprint density at radius 3 is 2.73 bits per heavy atom. The monoisotopic (exact) mass is 211 g/mol. The average molecular weight is 211 g/mol. The molecule has 5 nitrogen and oxygen atoms in total. The Balaban J connectivity index is 2.50. The molecular formula is C10H17N3O2. The lowest BCUT2D eigenvalue weighted by atomic mass is 10.0. The van der Waals surface area contributed by atoms with E-state index in [1.165, 1.54) is 0 Å². The molecule has 0 spiro atoms. The molecule has 0 fully saturated rings. The van der Waals surface area contributed by atoms with Crippen molar-refractivity contribution in [1.82, 2.24) is 15.1 Å². The normalized spacial score (nSPS) is 13.1. The Bertz CT molecular complexity index is 333. The number of carboxylic acids is 1. The number of nitrogens with one attached hydrogen (secondary N) is 1. The highest BCUT2D eigenvalue weighted by atomic mass is 16.4. The molecule has 1 heterocycles. The summed E-state index contributed by atoms with van der Waals surface area (Å²) in [7, 11) is 1.83. The zero-order chi connectivity index (χ0) is 11.4. The van der Waals surface area contributed by atoms with Crippen LogP contribution in [-0.2, 0) is 18.4 Å². The molecule has 1 rings (SSSR count). The number of carboxylic acid groups (broad SMARTS) is 1. The average Bonchev–Trinajstić information content (AvgIpc) is 2.50. The first-order chi connectivity index (χ1) is 7.00. The van der Waals surface area contributed by atoms with Gasteiger partial charge in [-0.15, -0.1) is 0 Å². The molecule has 15 heavy (non-hydrogen) atoms. The quantitative estimate of drug-likeness (QED) is 0.749. The summed E-state index contributed by atoms with van der Waals surface area (Å²) in [5, 5.41) is 16.1. The molecule has 1 atom stereocenters. The van der Waals surface area contributed by atoms with Crippen molar-refractivity contribution >= 4 is 5.97 Å². The first-order valence-electron chi connectivity index (χ1n) is 4.95. The van der Waals surface area contributed by atoms with Crippen molar-refractivity contribution in [3.63, 3.8) is 0 Å². The van der Waals surface area contributed by atoms with Gasteiger partial charge >= 0.3 is 5.97 Å². The van der Waals surface area contributed by atoms with Gasteiger partial charge in [0.1, 0.15) is 6.04 Å². The van der Waals surface area contributed by atoms with Crippen molar-refractivity contribution in [2.45, 2.75) is 26.4 Å². The van der Waals surface area contributed by atoms with E-state index in [0.717, 1.165) is 5.69 Å². The summed E-state index contributed by atoms with van der Waals surface area (Å²) in [4.78, 5) is 10.9. The molecule has 0 radical (unpaired) electrons. The van der Waals surface area contributed by atoms with E-state index in [-0.39, 0.29) is 5.92 Å². The van der Waals surface area contributed by atoms with E-state index >= 15 is 0 Å². The van der Waals surface area contributed by atoms with Crippen LogP contribution in [0.25, 0.3) is 0 Å². The molecule has 84 valence electrons. The van der Waals surface area contributed by atoms with E-state index in [9.17, 15) is 4.79 Å². The minimum atomic E-state index is -0.819. The van der Waals surface area contributed by atoms with Gasteiger partial charge in [-0.2, -0.15) is 5.10 Å². The molecule has 0 aliphatic rings. The van der Waals surface area contributed by atoms with Gasteiger partial charge in [-0.05, 0) is 12.0 Å². The lowest BCUT2D eigenvalue weighted by molar-refractivity contribution is -0.140. The highest BCUT2D eigenvalue weighted by Crippen LogP contribution is 2.03. The van der Waals surface area contributed by atoms with E-state index in [4.69, 9.17) is 5.11 Å². The first kappa shape index (κ1) is 11.7. The molecule has 0 aromatic carbocycles. The summed E-state index contributed by atoms with van der Waals surface area (Å²) >= 11 is 0. The van der Waals surface area contributed by atoms with Crippen molar-refractivity contribution < 1.29 is 9.90 Å². The second-order valence-electron chi connectivity index (χ2n) is 3.92. The van der Waals surface area contributed by atoms with Crippen LogP contribution in [0.15, 0.2) is 12.3 Å². The van der Waals surface area contributed by atoms with Gasteiger partial charge in [0, 0.05) is 19.8 Å². The second-order valence-corrected chi connectivity index (χ2v) is 3.92. The van der Waals surface area contributed by atoms with E-state index in [2.05, 4.69) is 10.4 Å². The maximum absolute atomic E-state index is 10.9. The fourth-order valence-corrected chi connectivity index (χ4v) is 1.38. The Hall–Kier alpha value is -1.36. The summed E-state index contributed by atoms with van der Waals surface area (Å²) in [6.45, 7) is 4.24. The number of nitrogens with zero attached hydrogens (tertiary/aromatic N) is 2. The van der Waals surface area contributed by atoms with Gasteiger partial charge in [-0.1, -0.05) is 13.8 Å². The Morgan fingerprint density at radius 2 is 2.33 bits per heavy atom. The highest BCUT2D eigenvalue weighted by molar-refractivity contribution is 5.73. The number of hydrogen-bond acceptors (Lipinski definition) is 3. The summed E-state index contributed by atoms with van der Waals surface area (Å²) < 4.78 is 1.70. The zero-order valence-corrected chi connectivity index (χ0v) is 9.27. The minimum Gasteiger partial charge on any atom is -0.480 e.